The van der Waals surface area contributed by atoms with E-state index in [2.05, 4.69) is 18.3 Å². The average Bonchev–Trinajstić information content (AvgIpc) is 2.80. The van der Waals surface area contributed by atoms with Crippen LogP contribution in [0.1, 0.15) is 55.2 Å². The van der Waals surface area contributed by atoms with Gasteiger partial charge in [0.05, 0.1) is 0 Å². The summed E-state index contributed by atoms with van der Waals surface area (Å²) < 4.78 is 0. The first-order valence-electron chi connectivity index (χ1n) is 7.74. The first kappa shape index (κ1) is 15.8. The first-order valence-corrected chi connectivity index (χ1v) is 8.56. The van der Waals surface area contributed by atoms with Crippen molar-refractivity contribution in [2.75, 3.05) is 0 Å². The highest BCUT2D eigenvalue weighted by molar-refractivity contribution is 7.12. The molecule has 1 aromatic heterocycles. The van der Waals surface area contributed by atoms with E-state index in [-0.39, 0.29) is 17.5 Å². The predicted molar refractivity (Wildman–Crippen MR) is 86.9 cm³/mol. The van der Waals surface area contributed by atoms with E-state index in [1.54, 1.807) is 17.4 Å². The summed E-state index contributed by atoms with van der Waals surface area (Å²) >= 11 is 1.64. The molecule has 1 saturated carbocycles. The van der Waals surface area contributed by atoms with Crippen molar-refractivity contribution >= 4 is 23.3 Å². The van der Waals surface area contributed by atoms with Gasteiger partial charge in [0, 0.05) is 15.8 Å². The highest BCUT2D eigenvalue weighted by Crippen LogP contribution is 2.21. The number of aryl methyl sites for hydroxylation is 1. The van der Waals surface area contributed by atoms with Crippen molar-refractivity contribution in [3.63, 3.8) is 0 Å². The quantitative estimate of drug-likeness (QED) is 0.518. The highest BCUT2D eigenvalue weighted by Gasteiger charge is 2.17. The Morgan fingerprint density at radius 2 is 2.10 bits per heavy atom. The minimum Gasteiger partial charge on any atom is -0.349 e. The molecule has 1 aliphatic rings. The smallest absolute Gasteiger partial charge is 0.262 e. The van der Waals surface area contributed by atoms with Crippen molar-refractivity contribution in [3.05, 3.63) is 27.5 Å². The van der Waals surface area contributed by atoms with Crippen molar-refractivity contribution < 1.29 is 4.79 Å². The average molecular weight is 302 g/mol. The Hall–Kier alpha value is -1.60. The maximum absolute atomic E-state index is 12.2. The van der Waals surface area contributed by atoms with Crippen LogP contribution in [0.25, 0.3) is 6.08 Å². The summed E-state index contributed by atoms with van der Waals surface area (Å²) in [5.41, 5.74) is 0.212. The third kappa shape index (κ3) is 4.71. The fourth-order valence-electron chi connectivity index (χ4n) is 2.64. The van der Waals surface area contributed by atoms with Gasteiger partial charge >= 0.3 is 0 Å². The second-order valence-electron chi connectivity index (χ2n) is 5.49. The Balaban J connectivity index is 2.02. The molecule has 2 rings (SSSR count). The number of nitrogens with zero attached hydrogens (tertiary/aromatic N) is 1. The number of thiophene rings is 1. The van der Waals surface area contributed by atoms with Crippen molar-refractivity contribution in [2.45, 2.75) is 57.9 Å². The molecular weight excluding hydrogens is 280 g/mol. The molecule has 0 atom stereocenters. The van der Waals surface area contributed by atoms with Crippen molar-refractivity contribution in [1.29, 1.82) is 5.26 Å². The van der Waals surface area contributed by atoms with Crippen molar-refractivity contribution in [3.8, 4) is 6.07 Å². The number of nitriles is 1. The van der Waals surface area contributed by atoms with Crippen LogP contribution >= 0.6 is 11.3 Å². The zero-order valence-electron chi connectivity index (χ0n) is 12.5. The number of hydrogen-bond donors (Lipinski definition) is 1. The van der Waals surface area contributed by atoms with Crippen LogP contribution in [-0.2, 0) is 11.2 Å². The van der Waals surface area contributed by atoms with Crippen LogP contribution in [0.4, 0.5) is 0 Å². The molecule has 0 saturated heterocycles. The zero-order chi connectivity index (χ0) is 15.1. The predicted octanol–water partition coefficient (Wildman–Crippen LogP) is 4.06. The van der Waals surface area contributed by atoms with Gasteiger partial charge in [-0.25, -0.2) is 0 Å². The van der Waals surface area contributed by atoms with Gasteiger partial charge in [0.2, 0.25) is 0 Å². The van der Waals surface area contributed by atoms with Crippen LogP contribution in [0, 0.1) is 11.3 Å². The van der Waals surface area contributed by atoms with E-state index in [1.165, 1.54) is 30.6 Å². The molecule has 0 radical (unpaired) electrons. The van der Waals surface area contributed by atoms with Crippen molar-refractivity contribution in [2.24, 2.45) is 0 Å². The van der Waals surface area contributed by atoms with E-state index in [9.17, 15) is 10.1 Å². The minimum absolute atomic E-state index is 0.212. The largest absolute Gasteiger partial charge is 0.349 e. The number of carbonyl (C=O) groups excluding carboxylic acids is 1. The van der Waals surface area contributed by atoms with Crippen LogP contribution < -0.4 is 5.32 Å². The Kier molecular flexibility index (Phi) is 6.01. The van der Waals surface area contributed by atoms with Gasteiger partial charge in [0.1, 0.15) is 11.6 Å². The Morgan fingerprint density at radius 3 is 2.67 bits per heavy atom. The van der Waals surface area contributed by atoms with Gasteiger partial charge in [0.15, 0.2) is 0 Å². The lowest BCUT2D eigenvalue weighted by atomic mass is 10.1. The second-order valence-corrected chi connectivity index (χ2v) is 6.69. The Labute approximate surface area is 130 Å². The van der Waals surface area contributed by atoms with Gasteiger partial charge < -0.3 is 5.32 Å². The minimum atomic E-state index is -0.226. The van der Waals surface area contributed by atoms with Gasteiger partial charge in [-0.2, -0.15) is 5.26 Å². The number of nitrogens with one attached hydrogen (secondary N) is 1. The fourth-order valence-corrected chi connectivity index (χ4v) is 3.54. The number of amides is 1. The number of rotatable bonds is 4. The van der Waals surface area contributed by atoms with E-state index in [0.717, 1.165) is 24.1 Å². The van der Waals surface area contributed by atoms with Gasteiger partial charge in [-0.3, -0.25) is 4.79 Å². The molecule has 3 nitrogen and oxygen atoms in total. The van der Waals surface area contributed by atoms with Crippen LogP contribution in [0.2, 0.25) is 0 Å². The number of hydrogen-bond acceptors (Lipinski definition) is 3. The Bertz CT molecular complexity index is 545. The van der Waals surface area contributed by atoms with E-state index in [0.29, 0.717) is 0 Å². The number of carbonyl (C=O) groups is 1. The molecule has 0 bridgehead atoms. The van der Waals surface area contributed by atoms with Crippen LogP contribution in [-0.4, -0.2) is 11.9 Å². The molecule has 0 unspecified atom stereocenters. The summed E-state index contributed by atoms with van der Waals surface area (Å²) in [4.78, 5) is 14.5. The molecule has 1 fully saturated rings. The van der Waals surface area contributed by atoms with Crippen LogP contribution in [0.5, 0.6) is 0 Å². The lowest BCUT2D eigenvalue weighted by Gasteiger charge is -2.15. The molecular formula is C17H22N2OS. The second kappa shape index (κ2) is 7.99. The maximum atomic E-state index is 12.2. The Morgan fingerprint density at radius 1 is 1.38 bits per heavy atom. The zero-order valence-corrected chi connectivity index (χ0v) is 13.3. The van der Waals surface area contributed by atoms with E-state index in [4.69, 9.17) is 0 Å². The molecule has 0 aliphatic heterocycles. The molecule has 1 aromatic rings. The van der Waals surface area contributed by atoms with Gasteiger partial charge in [-0.15, -0.1) is 11.3 Å². The van der Waals surface area contributed by atoms with Crippen molar-refractivity contribution in [1.82, 2.24) is 5.32 Å². The summed E-state index contributed by atoms with van der Waals surface area (Å²) in [5, 5.41) is 12.3. The summed E-state index contributed by atoms with van der Waals surface area (Å²) in [6, 6.07) is 6.29. The first-order chi connectivity index (χ1) is 10.2. The SMILES string of the molecule is CCc1ccc(C=C(C#N)C(=O)NC2CCCCCC2)s1. The summed E-state index contributed by atoms with van der Waals surface area (Å²) in [5.74, 6) is -0.226. The normalized spacial score (nSPS) is 17.0. The third-order valence-electron chi connectivity index (χ3n) is 3.87. The topological polar surface area (TPSA) is 52.9 Å². The fraction of sp³-hybridized carbons (Fsp3) is 0.529. The molecule has 1 aliphatic carbocycles. The summed E-state index contributed by atoms with van der Waals surface area (Å²) in [7, 11) is 0. The highest BCUT2D eigenvalue weighted by atomic mass is 32.1. The molecule has 1 heterocycles. The molecule has 1 N–H and O–H groups in total. The van der Waals surface area contributed by atoms with Gasteiger partial charge in [-0.05, 0) is 37.5 Å². The summed E-state index contributed by atoms with van der Waals surface area (Å²) in [6.07, 6.45) is 9.59. The lowest BCUT2D eigenvalue weighted by Crippen LogP contribution is -2.35. The van der Waals surface area contributed by atoms with E-state index < -0.39 is 0 Å². The summed E-state index contributed by atoms with van der Waals surface area (Å²) in [6.45, 7) is 2.10. The van der Waals surface area contributed by atoms with E-state index in [1.807, 2.05) is 12.1 Å². The molecule has 112 valence electrons. The molecule has 4 heteroatoms. The standard InChI is InChI=1S/C17H22N2OS/c1-2-15-9-10-16(21-15)11-13(12-18)17(20)19-14-7-5-3-4-6-8-14/h9-11,14H,2-8H2,1H3,(H,19,20). The molecule has 0 aromatic carbocycles. The molecule has 0 spiro atoms. The van der Waals surface area contributed by atoms with Crippen LogP contribution in [0.15, 0.2) is 17.7 Å². The maximum Gasteiger partial charge on any atom is 0.262 e. The van der Waals surface area contributed by atoms with E-state index >= 15 is 0 Å². The lowest BCUT2D eigenvalue weighted by molar-refractivity contribution is -0.117. The van der Waals surface area contributed by atoms with Crippen LogP contribution in [0.3, 0.4) is 0 Å². The van der Waals surface area contributed by atoms with Gasteiger partial charge in [-0.1, -0.05) is 32.6 Å². The molecule has 1 amide bonds. The third-order valence-corrected chi connectivity index (χ3v) is 5.05. The molecule has 21 heavy (non-hydrogen) atoms. The van der Waals surface area contributed by atoms with Gasteiger partial charge in [0.25, 0.3) is 5.91 Å². The monoisotopic (exact) mass is 302 g/mol.